The Morgan fingerprint density at radius 2 is 1.89 bits per heavy atom. The van der Waals surface area contributed by atoms with Gasteiger partial charge in [0.15, 0.2) is 0 Å². The molecule has 7 nitrogen and oxygen atoms in total. The molecule has 0 aromatic carbocycles. The van der Waals surface area contributed by atoms with Gasteiger partial charge < -0.3 is 25.5 Å². The Bertz CT molecular complexity index is 294. The van der Waals surface area contributed by atoms with Crippen LogP contribution >= 0.6 is 0 Å². The molecule has 4 N–H and O–H groups in total. The Kier molecular flexibility index (Phi) is 8.09. The van der Waals surface area contributed by atoms with Gasteiger partial charge in [0.25, 0.3) is 0 Å². The zero-order chi connectivity index (χ0) is 14.9. The van der Waals surface area contributed by atoms with Gasteiger partial charge in [0.1, 0.15) is 0 Å². The number of carboxylic acids is 1. The normalized spacial score (nSPS) is 13.7. The molecular formula is C12H24N2O5. The van der Waals surface area contributed by atoms with Gasteiger partial charge in [-0.2, -0.15) is 0 Å². The second-order valence-corrected chi connectivity index (χ2v) is 4.93. The number of nitrogens with one attached hydrogen (secondary N) is 1. The Balaban J connectivity index is 3.92. The van der Waals surface area contributed by atoms with Gasteiger partial charge in [-0.1, -0.05) is 0 Å². The minimum absolute atomic E-state index is 0.112. The summed E-state index contributed by atoms with van der Waals surface area (Å²) in [6, 6.07) is -0.352. The Labute approximate surface area is 113 Å². The third kappa shape index (κ3) is 9.26. The number of rotatable bonds is 9. The maximum Gasteiger partial charge on any atom is 0.317 e. The van der Waals surface area contributed by atoms with Gasteiger partial charge in [0.2, 0.25) is 0 Å². The molecule has 0 spiro atoms. The quantitative estimate of drug-likeness (QED) is 0.444. The van der Waals surface area contributed by atoms with E-state index in [1.165, 1.54) is 11.8 Å². The second-order valence-electron chi connectivity index (χ2n) is 4.93. The van der Waals surface area contributed by atoms with Gasteiger partial charge in [-0.3, -0.25) is 4.79 Å². The lowest BCUT2D eigenvalue weighted by molar-refractivity contribution is -0.141. The van der Waals surface area contributed by atoms with E-state index in [0.29, 0.717) is 13.0 Å². The summed E-state index contributed by atoms with van der Waals surface area (Å²) in [5.41, 5.74) is -1.46. The average molecular weight is 276 g/mol. The molecule has 112 valence electrons. The lowest BCUT2D eigenvalue weighted by atomic mass is 10.0. The molecule has 0 aromatic rings. The zero-order valence-corrected chi connectivity index (χ0v) is 11.6. The number of urea groups is 1. The number of amides is 2. The predicted octanol–water partition coefficient (Wildman–Crippen LogP) is 0.0161. The molecule has 0 saturated heterocycles. The van der Waals surface area contributed by atoms with Gasteiger partial charge >= 0.3 is 12.0 Å². The van der Waals surface area contributed by atoms with Gasteiger partial charge in [-0.25, -0.2) is 4.79 Å². The number of nitrogens with zero attached hydrogens (tertiary/aromatic N) is 1. The molecule has 2 amide bonds. The lowest BCUT2D eigenvalue weighted by Gasteiger charge is -2.24. The molecule has 1 atom stereocenters. The Morgan fingerprint density at radius 1 is 1.26 bits per heavy atom. The first-order valence-corrected chi connectivity index (χ1v) is 6.32. The van der Waals surface area contributed by atoms with Crippen molar-refractivity contribution in [3.05, 3.63) is 0 Å². The van der Waals surface area contributed by atoms with E-state index in [2.05, 4.69) is 5.32 Å². The van der Waals surface area contributed by atoms with Crippen LogP contribution in [-0.4, -0.2) is 64.6 Å². The van der Waals surface area contributed by atoms with Crippen molar-refractivity contribution in [1.82, 2.24) is 10.2 Å². The van der Waals surface area contributed by atoms with Crippen molar-refractivity contribution < 1.29 is 24.9 Å². The molecule has 0 heterocycles. The first-order chi connectivity index (χ1) is 8.78. The lowest BCUT2D eigenvalue weighted by Crippen LogP contribution is -2.46. The van der Waals surface area contributed by atoms with Crippen LogP contribution in [0.15, 0.2) is 0 Å². The fourth-order valence-electron chi connectivity index (χ4n) is 1.53. The highest BCUT2D eigenvalue weighted by Crippen LogP contribution is 2.07. The number of aliphatic hydroxyl groups excluding tert-OH is 1. The molecular weight excluding hydrogens is 252 g/mol. The molecule has 7 heteroatoms. The van der Waals surface area contributed by atoms with Crippen LogP contribution in [0.4, 0.5) is 4.79 Å². The Morgan fingerprint density at radius 3 is 2.42 bits per heavy atom. The van der Waals surface area contributed by atoms with E-state index in [4.69, 9.17) is 10.2 Å². The smallest absolute Gasteiger partial charge is 0.317 e. The van der Waals surface area contributed by atoms with E-state index in [-0.39, 0.29) is 19.2 Å². The number of carbonyl (C=O) groups is 2. The summed E-state index contributed by atoms with van der Waals surface area (Å²) in [6.07, 6.45) is 1.91. The van der Waals surface area contributed by atoms with E-state index >= 15 is 0 Å². The van der Waals surface area contributed by atoms with Crippen molar-refractivity contribution in [3.63, 3.8) is 0 Å². The van der Waals surface area contributed by atoms with E-state index in [1.54, 1.807) is 7.05 Å². The van der Waals surface area contributed by atoms with Crippen molar-refractivity contribution in [2.75, 3.05) is 26.7 Å². The second kappa shape index (κ2) is 8.71. The number of aliphatic carboxylic acids is 1. The molecule has 0 saturated carbocycles. The molecule has 0 rings (SSSR count). The molecule has 19 heavy (non-hydrogen) atoms. The van der Waals surface area contributed by atoms with Gasteiger partial charge in [0.05, 0.1) is 12.0 Å². The Hall–Kier alpha value is -1.34. The monoisotopic (exact) mass is 276 g/mol. The van der Waals surface area contributed by atoms with Gasteiger partial charge in [-0.15, -0.1) is 0 Å². The van der Waals surface area contributed by atoms with Crippen LogP contribution < -0.4 is 5.32 Å². The maximum atomic E-state index is 11.6. The maximum absolute atomic E-state index is 11.6. The zero-order valence-electron chi connectivity index (χ0n) is 11.6. The molecule has 0 bridgehead atoms. The molecule has 0 aromatic heterocycles. The molecule has 0 radical (unpaired) electrons. The highest BCUT2D eigenvalue weighted by atomic mass is 16.4. The van der Waals surface area contributed by atoms with Crippen molar-refractivity contribution >= 4 is 12.0 Å². The first kappa shape index (κ1) is 17.7. The van der Waals surface area contributed by atoms with Gasteiger partial charge in [0, 0.05) is 26.7 Å². The van der Waals surface area contributed by atoms with Crippen LogP contribution in [0.2, 0.25) is 0 Å². The predicted molar refractivity (Wildman–Crippen MR) is 69.8 cm³/mol. The molecule has 0 fully saturated rings. The van der Waals surface area contributed by atoms with Crippen molar-refractivity contribution in [3.8, 4) is 0 Å². The van der Waals surface area contributed by atoms with E-state index in [1.807, 2.05) is 0 Å². The SMILES string of the molecule is CN(CCCCCO)C(=O)NCC(C)(O)CC(=O)O. The summed E-state index contributed by atoms with van der Waals surface area (Å²) in [5, 5.41) is 29.4. The summed E-state index contributed by atoms with van der Waals surface area (Å²) in [7, 11) is 1.63. The van der Waals surface area contributed by atoms with Crippen LogP contribution in [0.3, 0.4) is 0 Å². The van der Waals surface area contributed by atoms with E-state index < -0.39 is 18.0 Å². The summed E-state index contributed by atoms with van der Waals surface area (Å²) in [4.78, 5) is 23.6. The van der Waals surface area contributed by atoms with Crippen LogP contribution in [-0.2, 0) is 4.79 Å². The molecule has 1 unspecified atom stereocenters. The number of carbonyl (C=O) groups excluding carboxylic acids is 1. The number of carboxylic acid groups (broad SMARTS) is 1. The standard InChI is InChI=1S/C12H24N2O5/c1-12(19,8-10(16)17)9-13-11(18)14(2)6-4-3-5-7-15/h15,19H,3-9H2,1-2H3,(H,13,18)(H,16,17). The number of hydrogen-bond acceptors (Lipinski definition) is 4. The van der Waals surface area contributed by atoms with Gasteiger partial charge in [-0.05, 0) is 26.2 Å². The third-order valence-corrected chi connectivity index (χ3v) is 2.65. The van der Waals surface area contributed by atoms with E-state index in [9.17, 15) is 14.7 Å². The summed E-state index contributed by atoms with van der Waals surface area (Å²) >= 11 is 0. The summed E-state index contributed by atoms with van der Waals surface area (Å²) in [6.45, 7) is 1.95. The molecule has 0 aliphatic carbocycles. The van der Waals surface area contributed by atoms with Crippen LogP contribution in [0.25, 0.3) is 0 Å². The largest absolute Gasteiger partial charge is 0.481 e. The highest BCUT2D eigenvalue weighted by Gasteiger charge is 2.25. The minimum Gasteiger partial charge on any atom is -0.481 e. The number of unbranched alkanes of at least 4 members (excludes halogenated alkanes) is 2. The van der Waals surface area contributed by atoms with Crippen molar-refractivity contribution in [2.24, 2.45) is 0 Å². The van der Waals surface area contributed by atoms with Crippen LogP contribution in [0.1, 0.15) is 32.6 Å². The van der Waals surface area contributed by atoms with Crippen LogP contribution in [0.5, 0.6) is 0 Å². The summed E-state index contributed by atoms with van der Waals surface area (Å²) in [5.74, 6) is -1.11. The third-order valence-electron chi connectivity index (χ3n) is 2.65. The van der Waals surface area contributed by atoms with Crippen LogP contribution in [0, 0.1) is 0 Å². The summed E-state index contributed by atoms with van der Waals surface area (Å²) < 4.78 is 0. The number of hydrogen-bond donors (Lipinski definition) is 4. The fraction of sp³-hybridized carbons (Fsp3) is 0.833. The topological polar surface area (TPSA) is 110 Å². The fourth-order valence-corrected chi connectivity index (χ4v) is 1.53. The molecule has 0 aliphatic rings. The number of aliphatic hydroxyl groups is 2. The first-order valence-electron chi connectivity index (χ1n) is 6.32. The molecule has 0 aliphatic heterocycles. The van der Waals surface area contributed by atoms with Crippen molar-refractivity contribution in [1.29, 1.82) is 0 Å². The van der Waals surface area contributed by atoms with Crippen molar-refractivity contribution in [2.45, 2.75) is 38.2 Å². The van der Waals surface area contributed by atoms with E-state index in [0.717, 1.165) is 12.8 Å². The average Bonchev–Trinajstić information content (AvgIpc) is 2.30. The minimum atomic E-state index is -1.46. The highest BCUT2D eigenvalue weighted by molar-refractivity contribution is 5.74.